The van der Waals surface area contributed by atoms with Crippen molar-refractivity contribution in [2.24, 2.45) is 5.92 Å². The van der Waals surface area contributed by atoms with Crippen molar-refractivity contribution < 1.29 is 22.7 Å². The molecule has 1 heterocycles. The molecule has 1 aliphatic heterocycles. The van der Waals surface area contributed by atoms with Crippen molar-refractivity contribution in [2.45, 2.75) is 12.8 Å². The Bertz CT molecular complexity index is 636. The van der Waals surface area contributed by atoms with Gasteiger partial charge in [0.15, 0.2) is 9.84 Å². The van der Waals surface area contributed by atoms with E-state index >= 15 is 0 Å². The Labute approximate surface area is 123 Å². The van der Waals surface area contributed by atoms with Gasteiger partial charge in [0.25, 0.3) is 0 Å². The molecule has 114 valence electrons. The molecule has 1 N–H and O–H groups in total. The lowest BCUT2D eigenvalue weighted by Crippen LogP contribution is -2.17. The zero-order valence-corrected chi connectivity index (χ0v) is 12.5. The van der Waals surface area contributed by atoms with Crippen LogP contribution in [0.2, 0.25) is 0 Å². The Balaban J connectivity index is 1.90. The number of rotatable bonds is 4. The molecule has 1 aliphatic rings. The van der Waals surface area contributed by atoms with Gasteiger partial charge in [-0.3, -0.25) is 4.79 Å². The average Bonchev–Trinajstić information content (AvgIpc) is 2.77. The van der Waals surface area contributed by atoms with Crippen molar-refractivity contribution in [2.75, 3.05) is 23.9 Å². The zero-order valence-electron chi connectivity index (χ0n) is 11.7. The van der Waals surface area contributed by atoms with Gasteiger partial charge >= 0.3 is 5.97 Å². The van der Waals surface area contributed by atoms with Crippen LogP contribution in [0.4, 0.5) is 5.69 Å². The van der Waals surface area contributed by atoms with Crippen LogP contribution >= 0.6 is 0 Å². The van der Waals surface area contributed by atoms with Crippen LogP contribution in [0, 0.1) is 5.92 Å². The van der Waals surface area contributed by atoms with Crippen molar-refractivity contribution in [3.05, 3.63) is 29.8 Å². The van der Waals surface area contributed by atoms with Gasteiger partial charge < -0.3 is 10.1 Å². The van der Waals surface area contributed by atoms with E-state index in [0.717, 1.165) is 0 Å². The Morgan fingerprint density at radius 1 is 1.29 bits per heavy atom. The quantitative estimate of drug-likeness (QED) is 0.845. The van der Waals surface area contributed by atoms with Crippen molar-refractivity contribution in [1.82, 2.24) is 0 Å². The van der Waals surface area contributed by atoms with Crippen molar-refractivity contribution in [1.29, 1.82) is 0 Å². The first-order valence-corrected chi connectivity index (χ1v) is 8.40. The van der Waals surface area contributed by atoms with Gasteiger partial charge in [0.2, 0.25) is 5.91 Å². The second-order valence-corrected chi connectivity index (χ2v) is 7.32. The maximum atomic E-state index is 11.9. The van der Waals surface area contributed by atoms with Gasteiger partial charge in [0, 0.05) is 12.1 Å². The first kappa shape index (κ1) is 15.5. The van der Waals surface area contributed by atoms with E-state index in [-0.39, 0.29) is 29.8 Å². The van der Waals surface area contributed by atoms with Gasteiger partial charge in [-0.2, -0.15) is 0 Å². The van der Waals surface area contributed by atoms with Gasteiger partial charge in [0.05, 0.1) is 24.2 Å². The third-order valence-corrected chi connectivity index (χ3v) is 5.23. The summed E-state index contributed by atoms with van der Waals surface area (Å²) in [5.41, 5.74) is 0.964. The van der Waals surface area contributed by atoms with Crippen LogP contribution in [0.5, 0.6) is 0 Å². The van der Waals surface area contributed by atoms with Gasteiger partial charge in [0.1, 0.15) is 0 Å². The molecule has 2 rings (SSSR count). The average molecular weight is 311 g/mol. The molecule has 0 saturated carbocycles. The molecule has 1 saturated heterocycles. The SMILES string of the molecule is COC(=O)c1ccc(NC(=O)CC2CCS(=O)(=O)C2)cc1. The topological polar surface area (TPSA) is 89.5 Å². The number of anilines is 1. The largest absolute Gasteiger partial charge is 0.465 e. The van der Waals surface area contributed by atoms with E-state index in [4.69, 9.17) is 0 Å². The van der Waals surface area contributed by atoms with Crippen LogP contribution in [-0.4, -0.2) is 38.9 Å². The highest BCUT2D eigenvalue weighted by molar-refractivity contribution is 7.91. The molecule has 1 fully saturated rings. The number of esters is 1. The molecule has 1 unspecified atom stereocenters. The molecule has 0 spiro atoms. The summed E-state index contributed by atoms with van der Waals surface area (Å²) in [5, 5.41) is 2.69. The first-order chi connectivity index (χ1) is 9.89. The fourth-order valence-electron chi connectivity index (χ4n) is 2.31. The highest BCUT2D eigenvalue weighted by Crippen LogP contribution is 2.22. The second kappa shape index (κ2) is 6.26. The Kier molecular flexibility index (Phi) is 4.62. The molecule has 1 aromatic carbocycles. The summed E-state index contributed by atoms with van der Waals surface area (Å²) in [7, 11) is -1.66. The predicted molar refractivity (Wildman–Crippen MR) is 77.8 cm³/mol. The molecular formula is C14H17NO5S. The summed E-state index contributed by atoms with van der Waals surface area (Å²) in [5.74, 6) is -0.517. The van der Waals surface area contributed by atoms with E-state index in [2.05, 4.69) is 10.1 Å². The number of benzene rings is 1. The third kappa shape index (κ3) is 4.29. The smallest absolute Gasteiger partial charge is 0.337 e. The lowest BCUT2D eigenvalue weighted by Gasteiger charge is -2.09. The summed E-state index contributed by atoms with van der Waals surface area (Å²) in [6, 6.07) is 6.33. The molecule has 7 heteroatoms. The minimum Gasteiger partial charge on any atom is -0.465 e. The van der Waals surface area contributed by atoms with Gasteiger partial charge in [-0.1, -0.05) is 0 Å². The lowest BCUT2D eigenvalue weighted by molar-refractivity contribution is -0.116. The second-order valence-electron chi connectivity index (χ2n) is 5.09. The summed E-state index contributed by atoms with van der Waals surface area (Å²) in [6.45, 7) is 0. The van der Waals surface area contributed by atoms with Gasteiger partial charge in [-0.05, 0) is 36.6 Å². The van der Waals surface area contributed by atoms with E-state index in [1.165, 1.54) is 7.11 Å². The van der Waals surface area contributed by atoms with Crippen LogP contribution in [0.15, 0.2) is 24.3 Å². The van der Waals surface area contributed by atoms with Crippen molar-refractivity contribution >= 4 is 27.4 Å². The normalized spacial score (nSPS) is 20.0. The number of carbonyl (C=O) groups is 2. The molecule has 21 heavy (non-hydrogen) atoms. The number of amides is 1. The number of carbonyl (C=O) groups excluding carboxylic acids is 2. The monoisotopic (exact) mass is 311 g/mol. The van der Waals surface area contributed by atoms with Crippen LogP contribution in [0.25, 0.3) is 0 Å². The molecule has 1 aromatic rings. The number of hydrogen-bond acceptors (Lipinski definition) is 5. The summed E-state index contributed by atoms with van der Waals surface area (Å²) in [4.78, 5) is 23.1. The minimum absolute atomic E-state index is 0.0850. The standard InChI is InChI=1S/C14H17NO5S/c1-20-14(17)11-2-4-12(5-3-11)15-13(16)8-10-6-7-21(18,19)9-10/h2-5,10H,6-9H2,1H3,(H,15,16). The molecule has 6 nitrogen and oxygen atoms in total. The van der Waals surface area contributed by atoms with E-state index in [1.54, 1.807) is 24.3 Å². The van der Waals surface area contributed by atoms with E-state index in [0.29, 0.717) is 17.7 Å². The fraction of sp³-hybridized carbons (Fsp3) is 0.429. The van der Waals surface area contributed by atoms with Crippen LogP contribution in [0.1, 0.15) is 23.2 Å². The molecule has 0 aliphatic carbocycles. The van der Waals surface area contributed by atoms with E-state index < -0.39 is 15.8 Å². The number of ether oxygens (including phenoxy) is 1. The molecular weight excluding hydrogens is 294 g/mol. The zero-order chi connectivity index (χ0) is 15.5. The number of methoxy groups -OCH3 is 1. The molecule has 1 atom stereocenters. The van der Waals surface area contributed by atoms with E-state index in [1.807, 2.05) is 0 Å². The first-order valence-electron chi connectivity index (χ1n) is 6.58. The maximum Gasteiger partial charge on any atom is 0.337 e. The van der Waals surface area contributed by atoms with Gasteiger partial charge in [-0.25, -0.2) is 13.2 Å². The van der Waals surface area contributed by atoms with Crippen LogP contribution in [0.3, 0.4) is 0 Å². The summed E-state index contributed by atoms with van der Waals surface area (Å²) < 4.78 is 27.3. The van der Waals surface area contributed by atoms with Gasteiger partial charge in [-0.15, -0.1) is 0 Å². The predicted octanol–water partition coefficient (Wildman–Crippen LogP) is 1.24. The third-order valence-electron chi connectivity index (χ3n) is 3.39. The fourth-order valence-corrected chi connectivity index (χ4v) is 4.18. The Morgan fingerprint density at radius 3 is 2.48 bits per heavy atom. The Hall–Kier alpha value is -1.89. The van der Waals surface area contributed by atoms with Crippen LogP contribution in [-0.2, 0) is 19.4 Å². The minimum atomic E-state index is -2.96. The number of sulfone groups is 1. The number of nitrogens with one attached hydrogen (secondary N) is 1. The molecule has 0 bridgehead atoms. The molecule has 0 radical (unpaired) electrons. The molecule has 1 amide bonds. The van der Waals surface area contributed by atoms with Crippen LogP contribution < -0.4 is 5.32 Å². The van der Waals surface area contributed by atoms with Crippen molar-refractivity contribution in [3.8, 4) is 0 Å². The summed E-state index contributed by atoms with van der Waals surface area (Å²) in [6.07, 6.45) is 0.731. The highest BCUT2D eigenvalue weighted by atomic mass is 32.2. The number of hydrogen-bond donors (Lipinski definition) is 1. The van der Waals surface area contributed by atoms with Crippen molar-refractivity contribution in [3.63, 3.8) is 0 Å². The lowest BCUT2D eigenvalue weighted by atomic mass is 10.0. The maximum absolute atomic E-state index is 11.9. The molecule has 0 aromatic heterocycles. The highest BCUT2D eigenvalue weighted by Gasteiger charge is 2.29. The Morgan fingerprint density at radius 2 is 1.95 bits per heavy atom. The van der Waals surface area contributed by atoms with E-state index in [9.17, 15) is 18.0 Å². The summed E-state index contributed by atoms with van der Waals surface area (Å²) >= 11 is 0.